The van der Waals surface area contributed by atoms with Gasteiger partial charge < -0.3 is 9.73 Å². The van der Waals surface area contributed by atoms with Gasteiger partial charge in [-0.2, -0.15) is 0 Å². The lowest BCUT2D eigenvalue weighted by Gasteiger charge is -2.12. The molecule has 0 unspecified atom stereocenters. The van der Waals surface area contributed by atoms with Crippen LogP contribution < -0.4 is 5.32 Å². The highest BCUT2D eigenvalue weighted by molar-refractivity contribution is 7.15. The molecule has 0 aliphatic rings. The average Bonchev–Trinajstić information content (AvgIpc) is 2.89. The summed E-state index contributed by atoms with van der Waals surface area (Å²) in [6.45, 7) is 6.44. The van der Waals surface area contributed by atoms with Gasteiger partial charge in [0.15, 0.2) is 0 Å². The van der Waals surface area contributed by atoms with E-state index in [1.165, 1.54) is 0 Å². The fourth-order valence-corrected chi connectivity index (χ4v) is 2.55. The van der Waals surface area contributed by atoms with E-state index in [1.807, 2.05) is 33.0 Å². The summed E-state index contributed by atoms with van der Waals surface area (Å²) in [6, 6.07) is 3.99. The molecule has 0 fully saturated rings. The van der Waals surface area contributed by atoms with Gasteiger partial charge in [-0.05, 0) is 33.0 Å². The van der Waals surface area contributed by atoms with Gasteiger partial charge in [0, 0.05) is 6.54 Å². The number of aryl methyl sites for hydroxylation is 1. The van der Waals surface area contributed by atoms with Crippen LogP contribution in [0.25, 0.3) is 0 Å². The van der Waals surface area contributed by atoms with E-state index in [1.54, 1.807) is 11.3 Å². The largest absolute Gasteiger partial charge is 0.465 e. The van der Waals surface area contributed by atoms with Crippen molar-refractivity contribution in [2.24, 2.45) is 0 Å². The fraction of sp³-hybridized carbons (Fsp3) is 0.500. The maximum atomic E-state index is 5.55. The predicted octanol–water partition coefficient (Wildman–Crippen LogP) is 2.50. The highest BCUT2D eigenvalue weighted by atomic mass is 32.1. The van der Waals surface area contributed by atoms with Crippen LogP contribution in [0.1, 0.15) is 23.5 Å². The number of hydrogen-bond acceptors (Lipinski definition) is 6. The van der Waals surface area contributed by atoms with Gasteiger partial charge >= 0.3 is 0 Å². The molecule has 0 aliphatic carbocycles. The van der Waals surface area contributed by atoms with Gasteiger partial charge in [0.25, 0.3) is 0 Å². The van der Waals surface area contributed by atoms with E-state index in [0.717, 1.165) is 41.3 Å². The minimum atomic E-state index is 0.781. The van der Waals surface area contributed by atoms with E-state index >= 15 is 0 Å². The van der Waals surface area contributed by atoms with E-state index in [2.05, 4.69) is 20.4 Å². The molecule has 2 aromatic heterocycles. The van der Waals surface area contributed by atoms with Gasteiger partial charge in [-0.15, -0.1) is 10.2 Å². The highest BCUT2D eigenvalue weighted by Crippen LogP contribution is 2.17. The molecular weight excluding hydrogens is 248 g/mol. The monoisotopic (exact) mass is 266 g/mol. The summed E-state index contributed by atoms with van der Waals surface area (Å²) in [5, 5.41) is 13.3. The van der Waals surface area contributed by atoms with Gasteiger partial charge in [-0.3, -0.25) is 4.90 Å². The molecule has 2 rings (SSSR count). The number of rotatable bonds is 6. The maximum Gasteiger partial charge on any atom is 0.205 e. The number of hydrogen-bond donors (Lipinski definition) is 1. The molecule has 2 heterocycles. The lowest BCUT2D eigenvalue weighted by molar-refractivity contribution is 0.284. The second kappa shape index (κ2) is 5.97. The number of nitrogens with one attached hydrogen (secondary N) is 1. The van der Waals surface area contributed by atoms with Crippen LogP contribution in [-0.4, -0.2) is 28.7 Å². The smallest absolute Gasteiger partial charge is 0.205 e. The average molecular weight is 266 g/mol. The van der Waals surface area contributed by atoms with Gasteiger partial charge in [-0.25, -0.2) is 0 Å². The third-order valence-electron chi connectivity index (χ3n) is 2.42. The summed E-state index contributed by atoms with van der Waals surface area (Å²) in [6.07, 6.45) is 0. The Labute approximate surface area is 111 Å². The van der Waals surface area contributed by atoms with E-state index in [0.29, 0.717) is 0 Å². The quantitative estimate of drug-likeness (QED) is 0.870. The minimum Gasteiger partial charge on any atom is -0.465 e. The highest BCUT2D eigenvalue weighted by Gasteiger charge is 2.08. The van der Waals surface area contributed by atoms with E-state index < -0.39 is 0 Å². The Balaban J connectivity index is 1.88. The Kier molecular flexibility index (Phi) is 4.33. The van der Waals surface area contributed by atoms with Crippen LogP contribution >= 0.6 is 11.3 Å². The van der Waals surface area contributed by atoms with Gasteiger partial charge in [-0.1, -0.05) is 11.3 Å². The minimum absolute atomic E-state index is 0.781. The molecule has 0 bridgehead atoms. The van der Waals surface area contributed by atoms with Crippen molar-refractivity contribution in [2.75, 3.05) is 18.9 Å². The normalized spacial score (nSPS) is 11.1. The van der Waals surface area contributed by atoms with Crippen LogP contribution in [0.15, 0.2) is 16.5 Å². The summed E-state index contributed by atoms with van der Waals surface area (Å²) >= 11 is 1.60. The standard InChI is InChI=1S/C12H18N4OS/c1-4-13-12-15-14-11(18-12)8-16(3)7-10-6-5-9(2)17-10/h5-6H,4,7-8H2,1-3H3,(H,13,15). The van der Waals surface area contributed by atoms with Crippen LogP contribution in [0.4, 0.5) is 5.13 Å². The van der Waals surface area contributed by atoms with Gasteiger partial charge in [0.2, 0.25) is 5.13 Å². The van der Waals surface area contributed by atoms with Crippen LogP contribution in [0.5, 0.6) is 0 Å². The molecule has 2 aromatic rings. The van der Waals surface area contributed by atoms with Crippen molar-refractivity contribution >= 4 is 16.5 Å². The zero-order valence-electron chi connectivity index (χ0n) is 10.9. The Morgan fingerprint density at radius 1 is 1.33 bits per heavy atom. The van der Waals surface area contributed by atoms with Crippen LogP contribution in [0.2, 0.25) is 0 Å². The number of aromatic nitrogens is 2. The second-order valence-corrected chi connectivity index (χ2v) is 5.28. The summed E-state index contributed by atoms with van der Waals surface area (Å²) in [4.78, 5) is 2.16. The zero-order chi connectivity index (χ0) is 13.0. The molecule has 0 radical (unpaired) electrons. The van der Waals surface area contributed by atoms with Crippen molar-refractivity contribution < 1.29 is 4.42 Å². The molecule has 98 valence electrons. The van der Waals surface area contributed by atoms with Crippen molar-refractivity contribution in [1.82, 2.24) is 15.1 Å². The second-order valence-electron chi connectivity index (χ2n) is 4.22. The molecule has 0 saturated carbocycles. The number of anilines is 1. The Morgan fingerprint density at radius 2 is 2.17 bits per heavy atom. The first-order valence-corrected chi connectivity index (χ1v) is 6.79. The third kappa shape index (κ3) is 3.54. The Hall–Kier alpha value is -1.40. The fourth-order valence-electron chi connectivity index (χ4n) is 1.66. The van der Waals surface area contributed by atoms with E-state index in [4.69, 9.17) is 4.42 Å². The van der Waals surface area contributed by atoms with Crippen molar-refractivity contribution in [3.05, 3.63) is 28.7 Å². The van der Waals surface area contributed by atoms with Crippen molar-refractivity contribution in [3.8, 4) is 0 Å². The molecule has 5 nitrogen and oxygen atoms in total. The zero-order valence-corrected chi connectivity index (χ0v) is 11.8. The van der Waals surface area contributed by atoms with Gasteiger partial charge in [0.05, 0.1) is 13.1 Å². The molecule has 6 heteroatoms. The SMILES string of the molecule is CCNc1nnc(CN(C)Cc2ccc(C)o2)s1. The topological polar surface area (TPSA) is 54.2 Å². The van der Waals surface area contributed by atoms with Crippen LogP contribution in [0.3, 0.4) is 0 Å². The molecular formula is C12H18N4OS. The molecule has 1 N–H and O–H groups in total. The van der Waals surface area contributed by atoms with Gasteiger partial charge in [0.1, 0.15) is 16.5 Å². The predicted molar refractivity (Wildman–Crippen MR) is 72.7 cm³/mol. The summed E-state index contributed by atoms with van der Waals surface area (Å²) in [7, 11) is 2.05. The lowest BCUT2D eigenvalue weighted by atomic mass is 10.4. The molecule has 0 aliphatic heterocycles. The molecule has 0 amide bonds. The summed E-state index contributed by atoms with van der Waals surface area (Å²) < 4.78 is 5.55. The summed E-state index contributed by atoms with van der Waals surface area (Å²) in [5.74, 6) is 1.93. The Bertz CT molecular complexity index is 494. The molecule has 0 aromatic carbocycles. The van der Waals surface area contributed by atoms with Crippen molar-refractivity contribution in [3.63, 3.8) is 0 Å². The molecule has 0 spiro atoms. The number of nitrogens with zero attached hydrogens (tertiary/aromatic N) is 3. The first-order chi connectivity index (χ1) is 8.67. The number of furan rings is 1. The lowest BCUT2D eigenvalue weighted by Crippen LogP contribution is -2.16. The van der Waals surface area contributed by atoms with E-state index in [9.17, 15) is 0 Å². The molecule has 0 atom stereocenters. The first kappa shape index (κ1) is 13.0. The third-order valence-corrected chi connectivity index (χ3v) is 3.29. The Morgan fingerprint density at radius 3 is 2.83 bits per heavy atom. The van der Waals surface area contributed by atoms with Crippen molar-refractivity contribution in [2.45, 2.75) is 26.9 Å². The van der Waals surface area contributed by atoms with Crippen molar-refractivity contribution in [1.29, 1.82) is 0 Å². The first-order valence-electron chi connectivity index (χ1n) is 5.97. The van der Waals surface area contributed by atoms with Crippen LogP contribution in [-0.2, 0) is 13.1 Å². The maximum absolute atomic E-state index is 5.55. The van der Waals surface area contributed by atoms with E-state index in [-0.39, 0.29) is 0 Å². The molecule has 0 saturated heterocycles. The van der Waals surface area contributed by atoms with Crippen LogP contribution in [0, 0.1) is 6.92 Å². The molecule has 18 heavy (non-hydrogen) atoms. The summed E-state index contributed by atoms with van der Waals surface area (Å²) in [5.41, 5.74) is 0.